The third-order valence-corrected chi connectivity index (χ3v) is 3.00. The minimum Gasteiger partial charge on any atom is -0.497 e. The fraction of sp³-hybridized carbons (Fsp3) is 0.188. The summed E-state index contributed by atoms with van der Waals surface area (Å²) in [6.45, 7) is 1.89. The van der Waals surface area contributed by atoms with Crippen LogP contribution in [0.2, 0.25) is 0 Å². The number of hydrogen-bond donors (Lipinski definition) is 0. The third-order valence-electron chi connectivity index (χ3n) is 3.00. The van der Waals surface area contributed by atoms with E-state index in [0.717, 1.165) is 28.7 Å². The van der Waals surface area contributed by atoms with Crippen molar-refractivity contribution in [2.75, 3.05) is 7.11 Å². The van der Waals surface area contributed by atoms with Gasteiger partial charge >= 0.3 is 0 Å². The highest BCUT2D eigenvalue weighted by Crippen LogP contribution is 2.28. The Morgan fingerprint density at radius 2 is 1.78 bits per heavy atom. The first-order valence-corrected chi connectivity index (χ1v) is 5.94. The van der Waals surface area contributed by atoms with E-state index in [-0.39, 0.29) is 5.92 Å². The second kappa shape index (κ2) is 5.50. The number of rotatable bonds is 4. The van der Waals surface area contributed by atoms with Gasteiger partial charge in [0.05, 0.1) is 7.11 Å². The molecule has 0 N–H and O–H groups in total. The maximum Gasteiger partial charge on any atom is 0.127 e. The lowest BCUT2D eigenvalue weighted by atomic mass is 9.96. The van der Waals surface area contributed by atoms with Gasteiger partial charge in [-0.3, -0.25) is 0 Å². The second-order valence-corrected chi connectivity index (χ2v) is 4.29. The van der Waals surface area contributed by atoms with Crippen LogP contribution in [-0.4, -0.2) is 13.4 Å². The first-order valence-electron chi connectivity index (χ1n) is 5.94. The molecule has 0 aromatic heterocycles. The minimum atomic E-state index is -0.123. The van der Waals surface area contributed by atoms with Gasteiger partial charge in [-0.25, -0.2) is 0 Å². The molecule has 2 heteroatoms. The van der Waals surface area contributed by atoms with Crippen LogP contribution in [0.1, 0.15) is 18.4 Å². The van der Waals surface area contributed by atoms with Crippen LogP contribution in [0.3, 0.4) is 0 Å². The summed E-state index contributed by atoms with van der Waals surface area (Å²) in [5, 5.41) is 0. The fourth-order valence-electron chi connectivity index (χ4n) is 1.88. The highest BCUT2D eigenvalue weighted by Gasteiger charge is 2.08. The van der Waals surface area contributed by atoms with E-state index in [9.17, 15) is 4.79 Å². The molecule has 0 bridgehead atoms. The summed E-state index contributed by atoms with van der Waals surface area (Å²) in [6.07, 6.45) is 0.948. The summed E-state index contributed by atoms with van der Waals surface area (Å²) in [5.41, 5.74) is 3.16. The van der Waals surface area contributed by atoms with Crippen molar-refractivity contribution in [3.63, 3.8) is 0 Å². The molecule has 0 fully saturated rings. The second-order valence-electron chi connectivity index (χ2n) is 4.29. The van der Waals surface area contributed by atoms with Crippen molar-refractivity contribution in [1.29, 1.82) is 0 Å². The Labute approximate surface area is 107 Å². The molecule has 2 rings (SSSR count). The minimum absolute atomic E-state index is 0.123. The molecule has 0 amide bonds. The van der Waals surface area contributed by atoms with Crippen LogP contribution in [-0.2, 0) is 4.79 Å². The molecule has 18 heavy (non-hydrogen) atoms. The monoisotopic (exact) mass is 240 g/mol. The number of methoxy groups -OCH3 is 1. The topological polar surface area (TPSA) is 26.3 Å². The van der Waals surface area contributed by atoms with E-state index >= 15 is 0 Å². The lowest BCUT2D eigenvalue weighted by molar-refractivity contribution is -0.108. The molecule has 0 aliphatic heterocycles. The molecule has 2 nitrogen and oxygen atoms in total. The molecule has 2 aromatic rings. The van der Waals surface area contributed by atoms with E-state index in [4.69, 9.17) is 4.74 Å². The molecule has 0 spiro atoms. The molecular weight excluding hydrogens is 224 g/mol. The summed E-state index contributed by atoms with van der Waals surface area (Å²) < 4.78 is 5.30. The Bertz CT molecular complexity index is 532. The molecule has 92 valence electrons. The number of carbonyl (C=O) groups is 1. The van der Waals surface area contributed by atoms with Crippen molar-refractivity contribution in [2.24, 2.45) is 0 Å². The zero-order valence-corrected chi connectivity index (χ0v) is 10.6. The average molecular weight is 240 g/mol. The number of hydrogen-bond acceptors (Lipinski definition) is 2. The Balaban J connectivity index is 2.51. The van der Waals surface area contributed by atoms with Gasteiger partial charge in [0, 0.05) is 5.92 Å². The zero-order chi connectivity index (χ0) is 13.0. The maximum absolute atomic E-state index is 10.9. The Morgan fingerprint density at radius 1 is 1.06 bits per heavy atom. The van der Waals surface area contributed by atoms with Crippen LogP contribution in [0.5, 0.6) is 5.75 Å². The van der Waals surface area contributed by atoms with Crippen LogP contribution in [0.25, 0.3) is 11.1 Å². The molecule has 0 heterocycles. The molecule has 0 radical (unpaired) electrons. The lowest BCUT2D eigenvalue weighted by Gasteiger charge is -2.11. The summed E-state index contributed by atoms with van der Waals surface area (Å²) in [6, 6.07) is 16.0. The molecule has 1 unspecified atom stereocenters. The van der Waals surface area contributed by atoms with Crippen LogP contribution in [0.4, 0.5) is 0 Å². The van der Waals surface area contributed by atoms with Crippen molar-refractivity contribution in [1.82, 2.24) is 0 Å². The van der Waals surface area contributed by atoms with Crippen molar-refractivity contribution in [2.45, 2.75) is 12.8 Å². The van der Waals surface area contributed by atoms with Crippen molar-refractivity contribution < 1.29 is 9.53 Å². The van der Waals surface area contributed by atoms with Gasteiger partial charge in [-0.2, -0.15) is 0 Å². The average Bonchev–Trinajstić information content (AvgIpc) is 2.46. The molecule has 0 aliphatic rings. The molecule has 0 saturated carbocycles. The van der Waals surface area contributed by atoms with Gasteiger partial charge in [0.2, 0.25) is 0 Å². The van der Waals surface area contributed by atoms with E-state index in [1.807, 2.05) is 55.5 Å². The van der Waals surface area contributed by atoms with Gasteiger partial charge in [-0.15, -0.1) is 0 Å². The quantitative estimate of drug-likeness (QED) is 0.762. The first kappa shape index (κ1) is 12.4. The molecule has 0 saturated heterocycles. The van der Waals surface area contributed by atoms with Crippen LogP contribution in [0.15, 0.2) is 48.5 Å². The first-order chi connectivity index (χ1) is 8.74. The molecule has 1 atom stereocenters. The number of ether oxygens (including phenoxy) is 1. The van der Waals surface area contributed by atoms with E-state index in [2.05, 4.69) is 0 Å². The zero-order valence-electron chi connectivity index (χ0n) is 10.6. The smallest absolute Gasteiger partial charge is 0.127 e. The fourth-order valence-corrected chi connectivity index (χ4v) is 1.88. The van der Waals surface area contributed by atoms with Crippen molar-refractivity contribution >= 4 is 6.29 Å². The van der Waals surface area contributed by atoms with E-state index in [1.165, 1.54) is 0 Å². The highest BCUT2D eigenvalue weighted by atomic mass is 16.5. The predicted molar refractivity (Wildman–Crippen MR) is 72.9 cm³/mol. The predicted octanol–water partition coefficient (Wildman–Crippen LogP) is 3.66. The van der Waals surface area contributed by atoms with E-state index in [0.29, 0.717) is 0 Å². The summed E-state index contributed by atoms with van der Waals surface area (Å²) in [7, 11) is 1.64. The van der Waals surface area contributed by atoms with Crippen LogP contribution >= 0.6 is 0 Å². The van der Waals surface area contributed by atoms with Gasteiger partial charge in [-0.1, -0.05) is 43.3 Å². The molecular formula is C16H16O2. The number of carbonyl (C=O) groups excluding carboxylic acids is 1. The largest absolute Gasteiger partial charge is 0.497 e. The van der Waals surface area contributed by atoms with Crippen molar-refractivity contribution in [3.05, 3.63) is 54.1 Å². The van der Waals surface area contributed by atoms with Gasteiger partial charge < -0.3 is 9.53 Å². The van der Waals surface area contributed by atoms with Crippen molar-refractivity contribution in [3.8, 4) is 16.9 Å². The third kappa shape index (κ3) is 2.59. The maximum atomic E-state index is 10.9. The normalized spacial score (nSPS) is 11.9. The van der Waals surface area contributed by atoms with Crippen LogP contribution in [0, 0.1) is 0 Å². The summed E-state index contributed by atoms with van der Waals surface area (Å²) in [5.74, 6) is 0.655. The number of benzene rings is 2. The van der Waals surface area contributed by atoms with Gasteiger partial charge in [0.25, 0.3) is 0 Å². The van der Waals surface area contributed by atoms with Gasteiger partial charge in [0.1, 0.15) is 12.0 Å². The Kier molecular flexibility index (Phi) is 3.78. The molecule has 0 aliphatic carbocycles. The van der Waals surface area contributed by atoms with E-state index < -0.39 is 0 Å². The van der Waals surface area contributed by atoms with Crippen LogP contribution < -0.4 is 4.74 Å². The van der Waals surface area contributed by atoms with Gasteiger partial charge in [-0.05, 0) is 28.8 Å². The SMILES string of the molecule is COc1cc(-c2ccccc2)cc(C(C)C=O)c1. The number of aldehydes is 1. The molecule has 2 aromatic carbocycles. The highest BCUT2D eigenvalue weighted by molar-refractivity contribution is 5.69. The Hall–Kier alpha value is -2.09. The van der Waals surface area contributed by atoms with Gasteiger partial charge in [0.15, 0.2) is 0 Å². The lowest BCUT2D eigenvalue weighted by Crippen LogP contribution is -1.96. The summed E-state index contributed by atoms with van der Waals surface area (Å²) >= 11 is 0. The van der Waals surface area contributed by atoms with E-state index in [1.54, 1.807) is 7.11 Å². The summed E-state index contributed by atoms with van der Waals surface area (Å²) in [4.78, 5) is 10.9. The Morgan fingerprint density at radius 3 is 2.39 bits per heavy atom. The standard InChI is InChI=1S/C16H16O2/c1-12(11-17)14-8-15(10-16(9-14)18-2)13-6-4-3-5-7-13/h3-12H,1-2H3.